The Labute approximate surface area is 172 Å². The number of aromatic nitrogens is 1. The van der Waals surface area contributed by atoms with Gasteiger partial charge in [-0.25, -0.2) is 0 Å². The van der Waals surface area contributed by atoms with Crippen LogP contribution in [0.15, 0.2) is 71.7 Å². The fraction of sp³-hybridized carbons (Fsp3) is 0.136. The minimum Gasteiger partial charge on any atom is -0.494 e. The molecule has 1 heterocycles. The van der Waals surface area contributed by atoms with Gasteiger partial charge in [-0.15, -0.1) is 0 Å². The summed E-state index contributed by atoms with van der Waals surface area (Å²) in [6, 6.07) is 17.0. The van der Waals surface area contributed by atoms with Crippen molar-refractivity contribution < 1.29 is 19.1 Å². The van der Waals surface area contributed by atoms with E-state index in [9.17, 15) is 14.4 Å². The second-order valence-corrected chi connectivity index (χ2v) is 6.21. The summed E-state index contributed by atoms with van der Waals surface area (Å²) >= 11 is 0. The maximum absolute atomic E-state index is 12.2. The molecule has 8 heteroatoms. The van der Waals surface area contributed by atoms with Gasteiger partial charge in [-0.05, 0) is 61.0 Å². The molecule has 2 aromatic carbocycles. The number of H-pyrrole nitrogens is 1. The van der Waals surface area contributed by atoms with Crippen molar-refractivity contribution in [3.63, 3.8) is 0 Å². The topological polar surface area (TPSA) is 110 Å². The zero-order chi connectivity index (χ0) is 21.3. The SMILES string of the molecule is CCOc1ccc(OCc2ccc(C(=O)NNC(=O)c3ccc[nH]c3=O)cc2)cc1. The largest absolute Gasteiger partial charge is 0.494 e. The van der Waals surface area contributed by atoms with E-state index in [-0.39, 0.29) is 5.56 Å². The molecule has 154 valence electrons. The van der Waals surface area contributed by atoms with Gasteiger partial charge in [-0.1, -0.05) is 12.1 Å². The quantitative estimate of drug-likeness (QED) is 0.521. The van der Waals surface area contributed by atoms with Crippen LogP contribution in [0.1, 0.15) is 33.2 Å². The summed E-state index contributed by atoms with van der Waals surface area (Å²) in [7, 11) is 0. The Balaban J connectivity index is 1.50. The molecule has 0 bridgehead atoms. The van der Waals surface area contributed by atoms with E-state index in [0.29, 0.717) is 24.5 Å². The molecule has 8 nitrogen and oxygen atoms in total. The van der Waals surface area contributed by atoms with Crippen LogP contribution in [-0.4, -0.2) is 23.4 Å². The molecule has 0 fully saturated rings. The molecule has 0 aliphatic carbocycles. The number of amides is 2. The Morgan fingerprint density at radius 3 is 2.13 bits per heavy atom. The second kappa shape index (κ2) is 9.92. The normalized spacial score (nSPS) is 10.2. The number of hydrogen-bond donors (Lipinski definition) is 3. The number of rotatable bonds is 7. The van der Waals surface area contributed by atoms with Crippen LogP contribution in [0.2, 0.25) is 0 Å². The molecular formula is C22H21N3O5. The van der Waals surface area contributed by atoms with E-state index in [1.54, 1.807) is 24.3 Å². The van der Waals surface area contributed by atoms with Crippen LogP contribution in [0.5, 0.6) is 11.5 Å². The summed E-state index contributed by atoms with van der Waals surface area (Å²) in [4.78, 5) is 38.1. The van der Waals surface area contributed by atoms with Crippen molar-refractivity contribution in [3.8, 4) is 11.5 Å². The van der Waals surface area contributed by atoms with Crippen molar-refractivity contribution in [2.24, 2.45) is 0 Å². The first-order valence-corrected chi connectivity index (χ1v) is 9.30. The van der Waals surface area contributed by atoms with Crippen molar-refractivity contribution >= 4 is 11.8 Å². The first-order valence-electron chi connectivity index (χ1n) is 9.30. The monoisotopic (exact) mass is 407 g/mol. The van der Waals surface area contributed by atoms with E-state index in [4.69, 9.17) is 9.47 Å². The molecule has 0 spiro atoms. The molecule has 0 atom stereocenters. The number of nitrogens with one attached hydrogen (secondary N) is 3. The van der Waals surface area contributed by atoms with Crippen LogP contribution in [-0.2, 0) is 6.61 Å². The van der Waals surface area contributed by atoms with Crippen LogP contribution < -0.4 is 25.9 Å². The van der Waals surface area contributed by atoms with E-state index in [1.165, 1.54) is 18.3 Å². The summed E-state index contributed by atoms with van der Waals surface area (Å²) in [6.45, 7) is 2.87. The first-order chi connectivity index (χ1) is 14.6. The Morgan fingerprint density at radius 2 is 1.50 bits per heavy atom. The molecule has 1 aromatic heterocycles. The van der Waals surface area contributed by atoms with Gasteiger partial charge >= 0.3 is 0 Å². The molecule has 0 saturated heterocycles. The van der Waals surface area contributed by atoms with Crippen molar-refractivity contribution in [3.05, 3.63) is 93.9 Å². The summed E-state index contributed by atoms with van der Waals surface area (Å²) in [5.74, 6) is 0.281. The molecule has 0 aliphatic rings. The molecule has 3 rings (SSSR count). The highest BCUT2D eigenvalue weighted by molar-refractivity contribution is 5.98. The molecule has 2 amide bonds. The molecule has 0 unspecified atom stereocenters. The maximum atomic E-state index is 12.2. The molecular weight excluding hydrogens is 386 g/mol. The van der Waals surface area contributed by atoms with Crippen LogP contribution in [0, 0.1) is 0 Å². The fourth-order valence-electron chi connectivity index (χ4n) is 2.57. The molecule has 30 heavy (non-hydrogen) atoms. The third kappa shape index (κ3) is 5.48. The van der Waals surface area contributed by atoms with E-state index in [2.05, 4.69) is 15.8 Å². The summed E-state index contributed by atoms with van der Waals surface area (Å²) < 4.78 is 11.1. The van der Waals surface area contributed by atoms with Crippen LogP contribution in [0.4, 0.5) is 0 Å². The lowest BCUT2D eigenvalue weighted by Crippen LogP contribution is -2.43. The number of pyridine rings is 1. The Hall–Kier alpha value is -4.07. The van der Waals surface area contributed by atoms with Gasteiger partial charge in [0.2, 0.25) is 0 Å². The van der Waals surface area contributed by atoms with Gasteiger partial charge in [-0.3, -0.25) is 25.2 Å². The number of hydrogen-bond acceptors (Lipinski definition) is 5. The highest BCUT2D eigenvalue weighted by atomic mass is 16.5. The molecule has 0 saturated carbocycles. The number of hydrazine groups is 1. The van der Waals surface area contributed by atoms with Gasteiger partial charge in [0.15, 0.2) is 0 Å². The number of ether oxygens (including phenoxy) is 2. The van der Waals surface area contributed by atoms with Crippen molar-refractivity contribution in [1.29, 1.82) is 0 Å². The highest BCUT2D eigenvalue weighted by Crippen LogP contribution is 2.18. The van der Waals surface area contributed by atoms with Crippen molar-refractivity contribution in [1.82, 2.24) is 15.8 Å². The summed E-state index contributed by atoms with van der Waals surface area (Å²) in [5, 5.41) is 0. The lowest BCUT2D eigenvalue weighted by atomic mass is 10.1. The predicted octanol–water partition coefficient (Wildman–Crippen LogP) is 2.43. The number of carbonyl (C=O) groups excluding carboxylic acids is 2. The van der Waals surface area contributed by atoms with Gasteiger partial charge in [0.05, 0.1) is 6.61 Å². The van der Waals surface area contributed by atoms with Gasteiger partial charge in [0, 0.05) is 11.8 Å². The van der Waals surface area contributed by atoms with E-state index < -0.39 is 17.4 Å². The average Bonchev–Trinajstić information content (AvgIpc) is 2.77. The third-order valence-electron chi connectivity index (χ3n) is 4.11. The zero-order valence-corrected chi connectivity index (χ0v) is 16.3. The molecule has 3 aromatic rings. The van der Waals surface area contributed by atoms with Crippen LogP contribution >= 0.6 is 0 Å². The number of carbonyl (C=O) groups is 2. The lowest BCUT2D eigenvalue weighted by molar-refractivity contribution is 0.0846. The van der Waals surface area contributed by atoms with E-state index in [1.807, 2.05) is 31.2 Å². The number of benzene rings is 2. The first kappa shape index (κ1) is 20.7. The maximum Gasteiger partial charge on any atom is 0.275 e. The summed E-state index contributed by atoms with van der Waals surface area (Å²) in [5.41, 5.74) is 5.09. The average molecular weight is 407 g/mol. The van der Waals surface area contributed by atoms with Crippen LogP contribution in [0.3, 0.4) is 0 Å². The minimum absolute atomic E-state index is 0.0976. The fourth-order valence-corrected chi connectivity index (χ4v) is 2.57. The van der Waals surface area contributed by atoms with Gasteiger partial charge < -0.3 is 14.5 Å². The van der Waals surface area contributed by atoms with E-state index >= 15 is 0 Å². The summed E-state index contributed by atoms with van der Waals surface area (Å²) in [6.07, 6.45) is 1.42. The minimum atomic E-state index is -0.703. The zero-order valence-electron chi connectivity index (χ0n) is 16.3. The predicted molar refractivity (Wildman–Crippen MR) is 110 cm³/mol. The third-order valence-corrected chi connectivity index (χ3v) is 4.11. The van der Waals surface area contributed by atoms with Crippen molar-refractivity contribution in [2.45, 2.75) is 13.5 Å². The molecule has 0 aliphatic heterocycles. The Bertz CT molecular complexity index is 1060. The smallest absolute Gasteiger partial charge is 0.275 e. The lowest BCUT2D eigenvalue weighted by Gasteiger charge is -2.09. The van der Waals surface area contributed by atoms with E-state index in [0.717, 1.165) is 11.3 Å². The van der Waals surface area contributed by atoms with Gasteiger partial charge in [0.25, 0.3) is 17.4 Å². The van der Waals surface area contributed by atoms with Crippen LogP contribution in [0.25, 0.3) is 0 Å². The Kier molecular flexibility index (Phi) is 6.83. The highest BCUT2D eigenvalue weighted by Gasteiger charge is 2.11. The Morgan fingerprint density at radius 1 is 0.867 bits per heavy atom. The molecule has 0 radical (unpaired) electrons. The van der Waals surface area contributed by atoms with Gasteiger partial charge in [-0.2, -0.15) is 0 Å². The van der Waals surface area contributed by atoms with Crippen molar-refractivity contribution in [2.75, 3.05) is 6.61 Å². The standard InChI is InChI=1S/C22H21N3O5/c1-2-29-17-9-11-18(12-10-17)30-14-15-5-7-16(8-6-15)20(26)24-25-22(28)19-4-3-13-23-21(19)27/h3-13H,2,14H2,1H3,(H,23,27)(H,24,26)(H,25,28). The number of aromatic amines is 1. The molecule has 3 N–H and O–H groups in total. The van der Waals surface area contributed by atoms with Gasteiger partial charge in [0.1, 0.15) is 23.7 Å². The second-order valence-electron chi connectivity index (χ2n) is 6.21.